The smallest absolute Gasteiger partial charge is 0.0999 e. The van der Waals surface area contributed by atoms with Crippen molar-refractivity contribution in [3.8, 4) is 22.4 Å². The number of aromatic amines is 1. The number of fused-ring (bicyclic) bond motifs is 2. The summed E-state index contributed by atoms with van der Waals surface area (Å²) in [6.45, 7) is 0. The van der Waals surface area contributed by atoms with Crippen molar-refractivity contribution in [3.05, 3.63) is 91.0 Å². The van der Waals surface area contributed by atoms with Crippen molar-refractivity contribution in [1.82, 2.24) is 10.2 Å². The first-order valence-electron chi connectivity index (χ1n) is 8.42. The van der Waals surface area contributed by atoms with E-state index in [1.807, 2.05) is 6.07 Å². The van der Waals surface area contributed by atoms with Crippen LogP contribution in [0.3, 0.4) is 0 Å². The Hall–Kier alpha value is -3.39. The molecule has 1 N–H and O–H groups in total. The van der Waals surface area contributed by atoms with Gasteiger partial charge in [0.1, 0.15) is 0 Å². The number of hydrogen-bond donors (Lipinski definition) is 1. The van der Waals surface area contributed by atoms with Gasteiger partial charge in [0.05, 0.1) is 11.2 Å². The predicted molar refractivity (Wildman–Crippen MR) is 104 cm³/mol. The second-order valence-electron chi connectivity index (χ2n) is 6.23. The molecular weight excluding hydrogens is 304 g/mol. The van der Waals surface area contributed by atoms with Gasteiger partial charge in [-0.1, -0.05) is 78.9 Å². The normalized spacial score (nSPS) is 11.2. The molecule has 0 saturated heterocycles. The Balaban J connectivity index is 1.71. The average Bonchev–Trinajstić information content (AvgIpc) is 3.12. The van der Waals surface area contributed by atoms with Crippen molar-refractivity contribution in [3.63, 3.8) is 0 Å². The molecule has 1 heterocycles. The van der Waals surface area contributed by atoms with Crippen molar-refractivity contribution in [1.29, 1.82) is 0 Å². The van der Waals surface area contributed by atoms with Crippen LogP contribution in [0.1, 0.15) is 0 Å². The van der Waals surface area contributed by atoms with Crippen molar-refractivity contribution in [2.45, 2.75) is 0 Å². The number of benzene rings is 4. The molecule has 5 rings (SSSR count). The second kappa shape index (κ2) is 5.60. The van der Waals surface area contributed by atoms with Crippen LogP contribution in [0.4, 0.5) is 0 Å². The van der Waals surface area contributed by atoms with Crippen LogP contribution in [0.25, 0.3) is 44.1 Å². The van der Waals surface area contributed by atoms with Crippen LogP contribution in [0, 0.1) is 0 Å². The highest BCUT2D eigenvalue weighted by Crippen LogP contribution is 2.33. The van der Waals surface area contributed by atoms with Crippen molar-refractivity contribution in [2.24, 2.45) is 0 Å². The van der Waals surface area contributed by atoms with E-state index >= 15 is 0 Å². The SMILES string of the molecule is c1cc(-c2cccc3ccccc23)cc(-c2n[nH]c3ccccc23)c1. The van der Waals surface area contributed by atoms with Crippen LogP contribution >= 0.6 is 0 Å². The standard InChI is InChI=1S/C23H16N2/c1-2-11-19-16(7-1)8-6-13-20(19)17-9-5-10-18(15-17)23-21-12-3-4-14-22(21)24-25-23/h1-15H,(H,24,25). The lowest BCUT2D eigenvalue weighted by molar-refractivity contribution is 1.12. The van der Waals surface area contributed by atoms with Gasteiger partial charge >= 0.3 is 0 Å². The summed E-state index contributed by atoms with van der Waals surface area (Å²) in [4.78, 5) is 0. The lowest BCUT2D eigenvalue weighted by atomic mass is 9.96. The maximum Gasteiger partial charge on any atom is 0.0999 e. The molecule has 0 radical (unpaired) electrons. The topological polar surface area (TPSA) is 28.7 Å². The first-order chi connectivity index (χ1) is 12.4. The molecule has 25 heavy (non-hydrogen) atoms. The summed E-state index contributed by atoms with van der Waals surface area (Å²) in [6.07, 6.45) is 0. The number of nitrogens with zero attached hydrogens (tertiary/aromatic N) is 1. The fourth-order valence-electron chi connectivity index (χ4n) is 3.49. The molecule has 5 aromatic rings. The molecule has 0 aliphatic carbocycles. The van der Waals surface area contributed by atoms with E-state index in [2.05, 4.69) is 95.1 Å². The number of rotatable bonds is 2. The molecule has 1 aromatic heterocycles. The van der Waals surface area contributed by atoms with Crippen LogP contribution in [-0.2, 0) is 0 Å². The van der Waals surface area contributed by atoms with Crippen molar-refractivity contribution < 1.29 is 0 Å². The molecule has 0 spiro atoms. The van der Waals surface area contributed by atoms with Gasteiger partial charge in [0, 0.05) is 10.9 Å². The average molecular weight is 320 g/mol. The van der Waals surface area contributed by atoms with E-state index in [9.17, 15) is 0 Å². The highest BCUT2D eigenvalue weighted by Gasteiger charge is 2.09. The largest absolute Gasteiger partial charge is 0.277 e. The molecule has 0 unspecified atom stereocenters. The summed E-state index contributed by atoms with van der Waals surface area (Å²) in [5, 5.41) is 11.3. The first kappa shape index (κ1) is 14.0. The van der Waals surface area contributed by atoms with E-state index in [0.717, 1.165) is 22.2 Å². The molecule has 0 fully saturated rings. The van der Waals surface area contributed by atoms with E-state index in [-0.39, 0.29) is 0 Å². The molecule has 0 aliphatic rings. The molecule has 0 amide bonds. The number of hydrogen-bond acceptors (Lipinski definition) is 1. The van der Waals surface area contributed by atoms with Gasteiger partial charge in [-0.05, 0) is 34.0 Å². The van der Waals surface area contributed by atoms with Gasteiger partial charge in [0.15, 0.2) is 0 Å². The third kappa shape index (κ3) is 2.31. The van der Waals surface area contributed by atoms with Gasteiger partial charge in [-0.3, -0.25) is 5.10 Å². The van der Waals surface area contributed by atoms with Gasteiger partial charge in [-0.25, -0.2) is 0 Å². The van der Waals surface area contributed by atoms with E-state index in [0.29, 0.717) is 0 Å². The molecule has 2 nitrogen and oxygen atoms in total. The zero-order chi connectivity index (χ0) is 16.6. The highest BCUT2D eigenvalue weighted by atomic mass is 15.1. The molecule has 0 saturated carbocycles. The second-order valence-corrected chi connectivity index (χ2v) is 6.23. The van der Waals surface area contributed by atoms with Gasteiger partial charge in [0.2, 0.25) is 0 Å². The minimum atomic E-state index is 0.998. The molecule has 2 heteroatoms. The summed E-state index contributed by atoms with van der Waals surface area (Å²) in [7, 11) is 0. The molecule has 4 aromatic carbocycles. The Bertz CT molecular complexity index is 1200. The number of H-pyrrole nitrogens is 1. The lowest BCUT2D eigenvalue weighted by Crippen LogP contribution is -1.84. The monoisotopic (exact) mass is 320 g/mol. The van der Waals surface area contributed by atoms with Crippen LogP contribution in [-0.4, -0.2) is 10.2 Å². The molecule has 0 atom stereocenters. The maximum absolute atomic E-state index is 4.54. The third-order valence-electron chi connectivity index (χ3n) is 4.71. The number of aromatic nitrogens is 2. The van der Waals surface area contributed by atoms with Crippen LogP contribution in [0.2, 0.25) is 0 Å². The molecular formula is C23H16N2. The highest BCUT2D eigenvalue weighted by molar-refractivity contribution is 5.98. The summed E-state index contributed by atoms with van der Waals surface area (Å²) >= 11 is 0. The van der Waals surface area contributed by atoms with E-state index in [1.54, 1.807) is 0 Å². The number of nitrogens with one attached hydrogen (secondary N) is 1. The number of para-hydroxylation sites is 1. The summed E-state index contributed by atoms with van der Waals surface area (Å²) in [5.41, 5.74) is 5.65. The van der Waals surface area contributed by atoms with Crippen LogP contribution < -0.4 is 0 Å². The first-order valence-corrected chi connectivity index (χ1v) is 8.42. The summed E-state index contributed by atoms with van der Waals surface area (Å²) in [6, 6.07) is 31.8. The molecule has 0 bridgehead atoms. The Kier molecular flexibility index (Phi) is 3.14. The fourth-order valence-corrected chi connectivity index (χ4v) is 3.49. The Labute approximate surface area is 145 Å². The van der Waals surface area contributed by atoms with E-state index < -0.39 is 0 Å². The Morgan fingerprint density at radius 3 is 2.28 bits per heavy atom. The van der Waals surface area contributed by atoms with Gasteiger partial charge in [-0.2, -0.15) is 5.10 Å². The summed E-state index contributed by atoms with van der Waals surface area (Å²) in [5.74, 6) is 0. The predicted octanol–water partition coefficient (Wildman–Crippen LogP) is 6.05. The van der Waals surface area contributed by atoms with Crippen molar-refractivity contribution >= 4 is 21.7 Å². The molecule has 0 aliphatic heterocycles. The maximum atomic E-state index is 4.54. The Morgan fingerprint density at radius 1 is 0.600 bits per heavy atom. The van der Waals surface area contributed by atoms with Crippen LogP contribution in [0.15, 0.2) is 91.0 Å². The van der Waals surface area contributed by atoms with Crippen molar-refractivity contribution in [2.75, 3.05) is 0 Å². The van der Waals surface area contributed by atoms with E-state index in [4.69, 9.17) is 0 Å². The lowest BCUT2D eigenvalue weighted by Gasteiger charge is -2.08. The van der Waals surface area contributed by atoms with E-state index in [1.165, 1.54) is 21.9 Å². The zero-order valence-corrected chi connectivity index (χ0v) is 13.6. The Morgan fingerprint density at radius 2 is 1.32 bits per heavy atom. The zero-order valence-electron chi connectivity index (χ0n) is 13.6. The third-order valence-corrected chi connectivity index (χ3v) is 4.71. The van der Waals surface area contributed by atoms with Crippen LogP contribution in [0.5, 0.6) is 0 Å². The minimum absolute atomic E-state index is 0.998. The van der Waals surface area contributed by atoms with Gasteiger partial charge in [-0.15, -0.1) is 0 Å². The van der Waals surface area contributed by atoms with Gasteiger partial charge < -0.3 is 0 Å². The summed E-state index contributed by atoms with van der Waals surface area (Å²) < 4.78 is 0. The fraction of sp³-hybridized carbons (Fsp3) is 0. The quantitative estimate of drug-likeness (QED) is 0.421. The molecule has 118 valence electrons. The minimum Gasteiger partial charge on any atom is -0.277 e. The van der Waals surface area contributed by atoms with Gasteiger partial charge in [0.25, 0.3) is 0 Å².